The van der Waals surface area contributed by atoms with Gasteiger partial charge in [-0.05, 0) is 30.2 Å². The summed E-state index contributed by atoms with van der Waals surface area (Å²) in [7, 11) is 0. The number of pyridine rings is 1. The maximum Gasteiger partial charge on any atom is 0.252 e. The van der Waals surface area contributed by atoms with Crippen LogP contribution < -0.4 is 10.6 Å². The van der Waals surface area contributed by atoms with Crippen LogP contribution in [0, 0.1) is 5.92 Å². The summed E-state index contributed by atoms with van der Waals surface area (Å²) in [5.74, 6) is -0.557. The summed E-state index contributed by atoms with van der Waals surface area (Å²) in [6.07, 6.45) is 1.68. The SMILES string of the molecule is CC(C)[C@@H](C(=O)NCCNC(=O)c1ccccc1Cl)c1ccccn1. The van der Waals surface area contributed by atoms with Gasteiger partial charge in [0.25, 0.3) is 5.91 Å². The molecule has 1 aromatic heterocycles. The highest BCUT2D eigenvalue weighted by atomic mass is 35.5. The molecule has 0 radical (unpaired) electrons. The fourth-order valence-electron chi connectivity index (χ4n) is 2.55. The van der Waals surface area contributed by atoms with Crippen LogP contribution in [-0.4, -0.2) is 29.9 Å². The minimum absolute atomic E-state index is 0.0966. The highest BCUT2D eigenvalue weighted by Crippen LogP contribution is 2.22. The third-order valence-corrected chi connectivity index (χ3v) is 4.11. The van der Waals surface area contributed by atoms with Crippen LogP contribution in [0.25, 0.3) is 0 Å². The van der Waals surface area contributed by atoms with E-state index in [0.717, 1.165) is 5.69 Å². The van der Waals surface area contributed by atoms with Crippen LogP contribution in [0.5, 0.6) is 0 Å². The number of carbonyl (C=O) groups excluding carboxylic acids is 2. The van der Waals surface area contributed by atoms with E-state index in [1.165, 1.54) is 0 Å². The van der Waals surface area contributed by atoms with E-state index in [-0.39, 0.29) is 23.7 Å². The Balaban J connectivity index is 1.85. The second kappa shape index (κ2) is 9.18. The minimum atomic E-state index is -0.319. The van der Waals surface area contributed by atoms with E-state index in [1.54, 1.807) is 30.5 Å². The number of aromatic nitrogens is 1. The van der Waals surface area contributed by atoms with Crippen LogP contribution in [0.15, 0.2) is 48.7 Å². The zero-order valence-corrected chi connectivity index (χ0v) is 15.1. The topological polar surface area (TPSA) is 71.1 Å². The standard InChI is InChI=1S/C19H22ClN3O2/c1-13(2)17(16-9-5-6-10-21-16)19(25)23-12-11-22-18(24)14-7-3-4-8-15(14)20/h3-10,13,17H,11-12H2,1-2H3,(H,22,24)(H,23,25)/t17-/m1/s1. The second-order valence-electron chi connectivity index (χ2n) is 6.00. The Morgan fingerprint density at radius 3 is 2.36 bits per heavy atom. The van der Waals surface area contributed by atoms with Crippen LogP contribution in [0.3, 0.4) is 0 Å². The molecule has 0 aliphatic carbocycles. The summed E-state index contributed by atoms with van der Waals surface area (Å²) >= 11 is 5.99. The molecule has 0 saturated heterocycles. The third-order valence-electron chi connectivity index (χ3n) is 3.78. The van der Waals surface area contributed by atoms with Gasteiger partial charge in [-0.25, -0.2) is 0 Å². The summed E-state index contributed by atoms with van der Waals surface area (Å²) in [4.78, 5) is 28.8. The molecule has 0 aliphatic rings. The highest BCUT2D eigenvalue weighted by Gasteiger charge is 2.24. The number of hydrogen-bond donors (Lipinski definition) is 2. The summed E-state index contributed by atoms with van der Waals surface area (Å²) < 4.78 is 0. The molecule has 25 heavy (non-hydrogen) atoms. The second-order valence-corrected chi connectivity index (χ2v) is 6.41. The number of nitrogens with one attached hydrogen (secondary N) is 2. The molecule has 0 saturated carbocycles. The van der Waals surface area contributed by atoms with Gasteiger partial charge in [0, 0.05) is 19.3 Å². The van der Waals surface area contributed by atoms with E-state index in [9.17, 15) is 9.59 Å². The molecule has 1 atom stereocenters. The van der Waals surface area contributed by atoms with Gasteiger partial charge in [0.15, 0.2) is 0 Å². The van der Waals surface area contributed by atoms with Crippen LogP contribution in [0.1, 0.15) is 35.8 Å². The molecule has 2 rings (SSSR count). The van der Waals surface area contributed by atoms with Crippen molar-refractivity contribution in [2.75, 3.05) is 13.1 Å². The number of hydrogen-bond acceptors (Lipinski definition) is 3. The summed E-state index contributed by atoms with van der Waals surface area (Å²) in [5.41, 5.74) is 1.17. The van der Waals surface area contributed by atoms with Gasteiger partial charge in [0.1, 0.15) is 0 Å². The van der Waals surface area contributed by atoms with E-state index < -0.39 is 0 Å². The first-order valence-corrected chi connectivity index (χ1v) is 8.60. The molecule has 2 N–H and O–H groups in total. The Bertz CT molecular complexity index is 720. The van der Waals surface area contributed by atoms with E-state index >= 15 is 0 Å². The first kappa shape index (κ1) is 18.9. The van der Waals surface area contributed by atoms with Gasteiger partial charge in [-0.15, -0.1) is 0 Å². The van der Waals surface area contributed by atoms with Gasteiger partial charge in [-0.2, -0.15) is 0 Å². The third kappa shape index (κ3) is 5.29. The molecule has 2 amide bonds. The Morgan fingerprint density at radius 1 is 1.04 bits per heavy atom. The number of carbonyl (C=O) groups is 2. The van der Waals surface area contributed by atoms with E-state index in [2.05, 4.69) is 15.6 Å². The van der Waals surface area contributed by atoms with Crippen molar-refractivity contribution in [3.8, 4) is 0 Å². The van der Waals surface area contributed by atoms with E-state index in [1.807, 2.05) is 32.0 Å². The predicted molar refractivity (Wildman–Crippen MR) is 98.6 cm³/mol. The van der Waals surface area contributed by atoms with Crippen LogP contribution in [-0.2, 0) is 4.79 Å². The maximum absolute atomic E-state index is 12.5. The molecule has 132 valence electrons. The number of amides is 2. The lowest BCUT2D eigenvalue weighted by Gasteiger charge is -2.19. The zero-order chi connectivity index (χ0) is 18.2. The number of rotatable bonds is 7. The average Bonchev–Trinajstić information content (AvgIpc) is 2.59. The lowest BCUT2D eigenvalue weighted by atomic mass is 9.91. The largest absolute Gasteiger partial charge is 0.354 e. The molecule has 0 aliphatic heterocycles. The van der Waals surface area contributed by atoms with Crippen molar-refractivity contribution in [3.63, 3.8) is 0 Å². The fourth-order valence-corrected chi connectivity index (χ4v) is 2.77. The monoisotopic (exact) mass is 359 g/mol. The maximum atomic E-state index is 12.5. The Labute approximate surface area is 152 Å². The van der Waals surface area contributed by atoms with E-state index in [0.29, 0.717) is 23.7 Å². The van der Waals surface area contributed by atoms with Gasteiger partial charge in [-0.1, -0.05) is 43.6 Å². The quantitative estimate of drug-likeness (QED) is 0.746. The highest BCUT2D eigenvalue weighted by molar-refractivity contribution is 6.33. The molecule has 6 heteroatoms. The van der Waals surface area contributed by atoms with Gasteiger partial charge >= 0.3 is 0 Å². The fraction of sp³-hybridized carbons (Fsp3) is 0.316. The smallest absolute Gasteiger partial charge is 0.252 e. The molecule has 1 aromatic carbocycles. The van der Waals surface area contributed by atoms with Crippen molar-refractivity contribution in [2.45, 2.75) is 19.8 Å². The lowest BCUT2D eigenvalue weighted by Crippen LogP contribution is -2.38. The Morgan fingerprint density at radius 2 is 1.72 bits per heavy atom. The van der Waals surface area contributed by atoms with Crippen LogP contribution in [0.2, 0.25) is 5.02 Å². The first-order valence-electron chi connectivity index (χ1n) is 8.22. The summed E-state index contributed by atoms with van der Waals surface area (Å²) in [6.45, 7) is 4.63. The minimum Gasteiger partial charge on any atom is -0.354 e. The molecule has 0 bridgehead atoms. The molecular formula is C19H22ClN3O2. The first-order chi connectivity index (χ1) is 12.0. The molecule has 0 fully saturated rings. The van der Waals surface area contributed by atoms with Crippen molar-refractivity contribution in [1.29, 1.82) is 0 Å². The lowest BCUT2D eigenvalue weighted by molar-refractivity contribution is -0.123. The molecule has 0 unspecified atom stereocenters. The van der Waals surface area contributed by atoms with Crippen molar-refractivity contribution in [1.82, 2.24) is 15.6 Å². The number of halogens is 1. The Hall–Kier alpha value is -2.40. The number of nitrogens with zero attached hydrogens (tertiary/aromatic N) is 1. The molecule has 0 spiro atoms. The van der Waals surface area contributed by atoms with Gasteiger partial charge in [0.2, 0.25) is 5.91 Å². The normalized spacial score (nSPS) is 11.8. The zero-order valence-electron chi connectivity index (χ0n) is 14.3. The van der Waals surface area contributed by atoms with Gasteiger partial charge in [-0.3, -0.25) is 14.6 Å². The van der Waals surface area contributed by atoms with Crippen molar-refractivity contribution in [2.24, 2.45) is 5.92 Å². The molecule has 1 heterocycles. The average molecular weight is 360 g/mol. The molecule has 2 aromatic rings. The van der Waals surface area contributed by atoms with Gasteiger partial charge in [0.05, 0.1) is 22.2 Å². The summed E-state index contributed by atoms with van der Waals surface area (Å²) in [5, 5.41) is 6.01. The summed E-state index contributed by atoms with van der Waals surface area (Å²) in [6, 6.07) is 12.4. The molecular weight excluding hydrogens is 338 g/mol. The van der Waals surface area contributed by atoms with Gasteiger partial charge < -0.3 is 10.6 Å². The Kier molecular flexibility index (Phi) is 6.95. The van der Waals surface area contributed by atoms with Crippen LogP contribution in [0.4, 0.5) is 0 Å². The van der Waals surface area contributed by atoms with Crippen molar-refractivity contribution >= 4 is 23.4 Å². The molecule has 5 nitrogen and oxygen atoms in total. The number of benzene rings is 1. The predicted octanol–water partition coefficient (Wildman–Crippen LogP) is 3.02. The van der Waals surface area contributed by atoms with E-state index in [4.69, 9.17) is 11.6 Å². The van der Waals surface area contributed by atoms with Crippen molar-refractivity contribution in [3.05, 3.63) is 64.9 Å². The van der Waals surface area contributed by atoms with Crippen LogP contribution >= 0.6 is 11.6 Å². The van der Waals surface area contributed by atoms with Crippen molar-refractivity contribution < 1.29 is 9.59 Å².